The first-order valence-corrected chi connectivity index (χ1v) is 5.59. The molecular weight excluding hydrogens is 290 g/mol. The molecule has 7 nitrogen and oxygen atoms in total. The largest absolute Gasteiger partial charge is 0.478 e. The Bertz CT molecular complexity index is 770. The Morgan fingerprint density at radius 3 is 2.00 bits per heavy atom. The monoisotopic (exact) mass is 295 g/mol. The fourth-order valence-electron chi connectivity index (χ4n) is 1.98. The minimum absolute atomic E-state index is 0.0352. The van der Waals surface area contributed by atoms with E-state index >= 15 is 0 Å². The van der Waals surface area contributed by atoms with Crippen molar-refractivity contribution in [3.63, 3.8) is 0 Å². The maximum atomic E-state index is 11.3. The third kappa shape index (κ3) is 1.94. The highest BCUT2D eigenvalue weighted by atomic mass is 35.5. The molecule has 0 saturated carbocycles. The molecule has 0 bridgehead atoms. The van der Waals surface area contributed by atoms with E-state index in [0.717, 1.165) is 0 Å². The Morgan fingerprint density at radius 1 is 1.05 bits per heavy atom. The van der Waals surface area contributed by atoms with Crippen molar-refractivity contribution in [3.05, 3.63) is 50.5 Å². The number of hydrogen-bond acceptors (Lipinski definition) is 4. The number of aromatic carboxylic acids is 2. The van der Waals surface area contributed by atoms with Crippen LogP contribution in [0.3, 0.4) is 0 Å². The van der Waals surface area contributed by atoms with Crippen molar-refractivity contribution < 1.29 is 24.7 Å². The molecule has 0 unspecified atom stereocenters. The fraction of sp³-hybridized carbons (Fsp3) is 0. The molecule has 0 heterocycles. The average molecular weight is 296 g/mol. The van der Waals surface area contributed by atoms with Gasteiger partial charge in [-0.1, -0.05) is 35.9 Å². The number of halogens is 1. The molecule has 0 fully saturated rings. The van der Waals surface area contributed by atoms with Crippen LogP contribution in [0.2, 0.25) is 5.02 Å². The highest BCUT2D eigenvalue weighted by Crippen LogP contribution is 2.39. The summed E-state index contributed by atoms with van der Waals surface area (Å²) >= 11 is 5.86. The number of carboxylic acids is 2. The molecular formula is C12H6ClNO6. The third-order valence-electron chi connectivity index (χ3n) is 2.74. The Hall–Kier alpha value is -2.67. The van der Waals surface area contributed by atoms with Crippen molar-refractivity contribution in [2.24, 2.45) is 0 Å². The number of nitrogens with zero attached hydrogens (tertiary/aromatic N) is 1. The molecule has 0 amide bonds. The molecule has 20 heavy (non-hydrogen) atoms. The van der Waals surface area contributed by atoms with E-state index in [9.17, 15) is 24.8 Å². The molecule has 0 aliphatic rings. The van der Waals surface area contributed by atoms with Crippen LogP contribution in [0.25, 0.3) is 10.8 Å². The maximum Gasteiger partial charge on any atom is 0.343 e. The normalized spacial score (nSPS) is 10.4. The van der Waals surface area contributed by atoms with Crippen molar-refractivity contribution in [3.8, 4) is 0 Å². The first kappa shape index (κ1) is 13.8. The van der Waals surface area contributed by atoms with Crippen LogP contribution in [0.4, 0.5) is 5.69 Å². The van der Waals surface area contributed by atoms with Gasteiger partial charge in [-0.05, 0) is 5.39 Å². The van der Waals surface area contributed by atoms with Gasteiger partial charge in [0, 0.05) is 5.39 Å². The predicted octanol–water partition coefficient (Wildman–Crippen LogP) is 2.80. The summed E-state index contributed by atoms with van der Waals surface area (Å²) in [5.41, 5.74) is -2.49. The second-order valence-corrected chi connectivity index (χ2v) is 4.20. The van der Waals surface area contributed by atoms with E-state index in [0.29, 0.717) is 0 Å². The van der Waals surface area contributed by atoms with Crippen LogP contribution in [0.5, 0.6) is 0 Å². The first-order valence-electron chi connectivity index (χ1n) is 5.21. The summed E-state index contributed by atoms with van der Waals surface area (Å²) in [4.78, 5) is 32.6. The van der Waals surface area contributed by atoms with E-state index < -0.39 is 38.7 Å². The summed E-state index contributed by atoms with van der Waals surface area (Å²) in [6.07, 6.45) is 0. The second kappa shape index (κ2) is 4.78. The predicted molar refractivity (Wildman–Crippen MR) is 69.5 cm³/mol. The van der Waals surface area contributed by atoms with Gasteiger partial charge in [0.25, 0.3) is 0 Å². The summed E-state index contributed by atoms with van der Waals surface area (Å²) in [7, 11) is 0. The van der Waals surface area contributed by atoms with Gasteiger partial charge in [-0.3, -0.25) is 10.1 Å². The van der Waals surface area contributed by atoms with Gasteiger partial charge in [-0.2, -0.15) is 0 Å². The molecule has 0 aliphatic carbocycles. The van der Waals surface area contributed by atoms with E-state index in [1.54, 1.807) is 0 Å². The van der Waals surface area contributed by atoms with Gasteiger partial charge in [0.1, 0.15) is 5.02 Å². The molecule has 2 rings (SSSR count). The zero-order chi connectivity index (χ0) is 15.0. The highest BCUT2D eigenvalue weighted by molar-refractivity contribution is 6.39. The molecule has 0 aromatic heterocycles. The van der Waals surface area contributed by atoms with E-state index in [2.05, 4.69) is 0 Å². The van der Waals surface area contributed by atoms with Gasteiger partial charge in [-0.15, -0.1) is 0 Å². The Morgan fingerprint density at radius 2 is 1.55 bits per heavy atom. The summed E-state index contributed by atoms with van der Waals surface area (Å²) in [6.45, 7) is 0. The molecule has 0 saturated heterocycles. The van der Waals surface area contributed by atoms with Crippen LogP contribution < -0.4 is 0 Å². The number of nitro groups is 1. The van der Waals surface area contributed by atoms with Crippen LogP contribution >= 0.6 is 11.6 Å². The quantitative estimate of drug-likeness (QED) is 0.664. The lowest BCUT2D eigenvalue weighted by Gasteiger charge is -2.09. The van der Waals surface area contributed by atoms with Crippen LogP contribution in [-0.2, 0) is 0 Å². The molecule has 2 aromatic rings. The third-order valence-corrected chi connectivity index (χ3v) is 3.12. The SMILES string of the molecule is O=C(O)c1c([N+](=O)[O-])c(Cl)c2ccccc2c1C(=O)O. The number of carboxylic acid groups (broad SMARTS) is 2. The van der Waals surface area contributed by atoms with Crippen molar-refractivity contribution >= 4 is 40.0 Å². The molecule has 0 aliphatic heterocycles. The molecule has 0 radical (unpaired) electrons. The number of hydrogen-bond donors (Lipinski definition) is 2. The second-order valence-electron chi connectivity index (χ2n) is 3.83. The van der Waals surface area contributed by atoms with Crippen molar-refractivity contribution in [1.29, 1.82) is 0 Å². The van der Waals surface area contributed by atoms with Gasteiger partial charge in [0.2, 0.25) is 0 Å². The maximum absolute atomic E-state index is 11.3. The molecule has 2 aromatic carbocycles. The Labute approximate surface area is 116 Å². The van der Waals surface area contributed by atoms with Gasteiger partial charge in [0.05, 0.1) is 10.5 Å². The topological polar surface area (TPSA) is 118 Å². The number of benzene rings is 2. The summed E-state index contributed by atoms with van der Waals surface area (Å²) < 4.78 is 0. The van der Waals surface area contributed by atoms with Crippen molar-refractivity contribution in [2.45, 2.75) is 0 Å². The number of rotatable bonds is 3. The number of carbonyl (C=O) groups is 2. The minimum Gasteiger partial charge on any atom is -0.478 e. The lowest BCUT2D eigenvalue weighted by atomic mass is 9.97. The van der Waals surface area contributed by atoms with E-state index in [1.807, 2.05) is 0 Å². The van der Waals surface area contributed by atoms with E-state index in [-0.39, 0.29) is 10.8 Å². The summed E-state index contributed by atoms with van der Waals surface area (Å²) in [5, 5.41) is 29.1. The molecule has 0 spiro atoms. The van der Waals surface area contributed by atoms with Crippen LogP contribution in [0.1, 0.15) is 20.7 Å². The molecule has 102 valence electrons. The van der Waals surface area contributed by atoms with Crippen LogP contribution in [0, 0.1) is 10.1 Å². The highest BCUT2D eigenvalue weighted by Gasteiger charge is 2.33. The summed E-state index contributed by atoms with van der Waals surface area (Å²) in [5.74, 6) is -3.29. The Balaban J connectivity index is 3.15. The van der Waals surface area contributed by atoms with Gasteiger partial charge >= 0.3 is 17.6 Å². The standard InChI is InChI=1S/C12H6ClNO6/c13-9-6-4-2-1-3-5(6)7(11(15)16)8(12(17)18)10(9)14(19)20/h1-4H,(H,15,16)(H,17,18). The number of nitro benzene ring substituents is 1. The van der Waals surface area contributed by atoms with Gasteiger partial charge in [-0.25, -0.2) is 9.59 Å². The van der Waals surface area contributed by atoms with Gasteiger partial charge in [0.15, 0.2) is 5.56 Å². The lowest BCUT2D eigenvalue weighted by Crippen LogP contribution is -2.12. The van der Waals surface area contributed by atoms with E-state index in [1.165, 1.54) is 24.3 Å². The fourth-order valence-corrected chi connectivity index (χ4v) is 2.31. The molecule has 0 atom stereocenters. The summed E-state index contributed by atoms with van der Waals surface area (Å²) in [6, 6.07) is 5.75. The van der Waals surface area contributed by atoms with Crippen molar-refractivity contribution in [1.82, 2.24) is 0 Å². The van der Waals surface area contributed by atoms with Crippen LogP contribution in [-0.4, -0.2) is 27.1 Å². The smallest absolute Gasteiger partial charge is 0.343 e. The minimum atomic E-state index is -1.72. The van der Waals surface area contributed by atoms with Crippen LogP contribution in [0.15, 0.2) is 24.3 Å². The number of fused-ring (bicyclic) bond motifs is 1. The van der Waals surface area contributed by atoms with E-state index in [4.69, 9.17) is 16.7 Å². The molecule has 2 N–H and O–H groups in total. The Kier molecular flexibility index (Phi) is 3.29. The first-order chi connectivity index (χ1) is 9.36. The lowest BCUT2D eigenvalue weighted by molar-refractivity contribution is -0.384. The van der Waals surface area contributed by atoms with Gasteiger partial charge < -0.3 is 10.2 Å². The zero-order valence-electron chi connectivity index (χ0n) is 9.66. The average Bonchev–Trinajstić information content (AvgIpc) is 2.37. The zero-order valence-corrected chi connectivity index (χ0v) is 10.4. The molecule has 8 heteroatoms. The van der Waals surface area contributed by atoms with Crippen molar-refractivity contribution in [2.75, 3.05) is 0 Å².